The van der Waals surface area contributed by atoms with Gasteiger partial charge in [-0.1, -0.05) is 0 Å². The Balaban J connectivity index is 1.99. The van der Waals surface area contributed by atoms with Crippen molar-refractivity contribution in [2.75, 3.05) is 23.2 Å². The third-order valence-corrected chi connectivity index (χ3v) is 3.71. The second-order valence-electron chi connectivity index (χ2n) is 5.19. The largest absolute Gasteiger partial charge is 0.382 e. The number of carbonyl (C=O) groups excluding carboxylic acids is 2. The van der Waals surface area contributed by atoms with E-state index in [4.69, 9.17) is 34.4 Å². The van der Waals surface area contributed by atoms with Crippen LogP contribution in [-0.4, -0.2) is 50.7 Å². The minimum atomic E-state index is -0.818. The highest BCUT2D eigenvalue weighted by molar-refractivity contribution is 6.25. The summed E-state index contributed by atoms with van der Waals surface area (Å²) < 4.78 is 1.20. The van der Waals surface area contributed by atoms with E-state index in [2.05, 4.69) is 15.0 Å². The molecule has 2 amide bonds. The molecule has 0 bridgehead atoms. The second kappa shape index (κ2) is 8.16. The van der Waals surface area contributed by atoms with Gasteiger partial charge in [-0.25, -0.2) is 9.97 Å². The minimum Gasteiger partial charge on any atom is -0.382 e. The van der Waals surface area contributed by atoms with Crippen LogP contribution in [-0.2, 0) is 0 Å². The van der Waals surface area contributed by atoms with Crippen molar-refractivity contribution in [3.63, 3.8) is 0 Å². The molecule has 0 aromatic carbocycles. The summed E-state index contributed by atoms with van der Waals surface area (Å²) in [4.78, 5) is 35.2. The third-order valence-electron chi connectivity index (χ3n) is 3.37. The first-order valence-electron chi connectivity index (χ1n) is 7.46. The molecule has 2 rings (SSSR count). The smallest absolute Gasteiger partial charge is 0.276 e. The Morgan fingerprint density at radius 3 is 2.62 bits per heavy atom. The van der Waals surface area contributed by atoms with Crippen molar-refractivity contribution >= 4 is 41.2 Å². The molecule has 11 nitrogen and oxygen atoms in total. The molecule has 12 heteroatoms. The van der Waals surface area contributed by atoms with Gasteiger partial charge in [-0.15, -0.1) is 0 Å². The van der Waals surface area contributed by atoms with E-state index < -0.39 is 11.8 Å². The van der Waals surface area contributed by atoms with Crippen LogP contribution < -0.4 is 21.6 Å². The number of anilines is 2. The number of H-pyrrole nitrogens is 1. The molecule has 2 aromatic heterocycles. The quantitative estimate of drug-likeness (QED) is 0.252. The van der Waals surface area contributed by atoms with Crippen LogP contribution >= 0.6 is 11.8 Å². The van der Waals surface area contributed by atoms with Gasteiger partial charge in [0.15, 0.2) is 23.3 Å². The van der Waals surface area contributed by atoms with E-state index in [1.807, 2.05) is 0 Å². The Bertz CT molecular complexity index is 809. The fourth-order valence-corrected chi connectivity index (χ4v) is 2.31. The lowest BCUT2D eigenvalue weighted by Crippen LogP contribution is -2.42. The van der Waals surface area contributed by atoms with Crippen LogP contribution in [0, 0.1) is 5.41 Å². The lowest BCUT2D eigenvalue weighted by atomic mass is 10.3. The van der Waals surface area contributed by atoms with Gasteiger partial charge in [-0.05, 0) is 18.6 Å². The molecular weight excluding hydrogens is 362 g/mol. The first-order valence-corrected chi connectivity index (χ1v) is 7.80. The van der Waals surface area contributed by atoms with Crippen molar-refractivity contribution in [1.82, 2.24) is 19.9 Å². The van der Waals surface area contributed by atoms with Crippen LogP contribution in [0.15, 0.2) is 24.5 Å². The third kappa shape index (κ3) is 4.39. The average Bonchev–Trinajstić information content (AvgIpc) is 3.12. The number of primary amides is 1. The number of nitrogens with two attached hydrogens (primary N) is 3. The fourth-order valence-electron chi connectivity index (χ4n) is 2.11. The van der Waals surface area contributed by atoms with Gasteiger partial charge in [0.2, 0.25) is 0 Å². The molecule has 0 aliphatic heterocycles. The molecule has 2 heterocycles. The summed E-state index contributed by atoms with van der Waals surface area (Å²) in [6.07, 6.45) is 3.26. The SMILES string of the molecule is N=C(N)N(CCCN(Cl)c1cnc(N)c(C(N)=O)n1)C(=O)c1ccc[nH]1. The Hall–Kier alpha value is -3.34. The van der Waals surface area contributed by atoms with Gasteiger partial charge in [-0.3, -0.25) is 24.3 Å². The molecule has 0 aliphatic carbocycles. The zero-order valence-corrected chi connectivity index (χ0v) is 14.4. The lowest BCUT2D eigenvalue weighted by molar-refractivity contribution is 0.0839. The summed E-state index contributed by atoms with van der Waals surface area (Å²) in [5.41, 5.74) is 16.3. The molecule has 26 heavy (non-hydrogen) atoms. The first kappa shape index (κ1) is 19.0. The van der Waals surface area contributed by atoms with Gasteiger partial charge in [0.05, 0.1) is 6.20 Å². The molecule has 138 valence electrons. The zero-order chi connectivity index (χ0) is 19.3. The molecule has 0 fully saturated rings. The standard InChI is InChI=1S/C14H18ClN9O2/c15-24(9-7-21-11(16)10(22-9)12(17)25)6-2-5-23(14(18)19)13(26)8-3-1-4-20-8/h1,3-4,7,20H,2,5-6H2,(H2,16,21)(H2,17,25)(H3,18,19). The van der Waals surface area contributed by atoms with Gasteiger partial charge in [0.25, 0.3) is 11.8 Å². The van der Waals surface area contributed by atoms with E-state index in [0.29, 0.717) is 12.1 Å². The van der Waals surface area contributed by atoms with Crippen LogP contribution in [0.2, 0.25) is 0 Å². The summed E-state index contributed by atoms with van der Waals surface area (Å²) in [6.45, 7) is 0.391. The van der Waals surface area contributed by atoms with E-state index >= 15 is 0 Å². The molecule has 0 radical (unpaired) electrons. The highest BCUT2D eigenvalue weighted by Gasteiger charge is 2.19. The maximum absolute atomic E-state index is 12.3. The van der Waals surface area contributed by atoms with Crippen LogP contribution in [0.1, 0.15) is 27.4 Å². The number of carbonyl (C=O) groups is 2. The van der Waals surface area contributed by atoms with Gasteiger partial charge in [-0.2, -0.15) is 0 Å². The molecule has 0 saturated heterocycles. The fraction of sp³-hybridized carbons (Fsp3) is 0.214. The van der Waals surface area contributed by atoms with Crippen molar-refractivity contribution in [3.05, 3.63) is 35.9 Å². The van der Waals surface area contributed by atoms with Crippen LogP contribution in [0.25, 0.3) is 0 Å². The van der Waals surface area contributed by atoms with E-state index in [1.165, 1.54) is 10.6 Å². The lowest BCUT2D eigenvalue weighted by Gasteiger charge is -2.21. The molecule has 0 atom stereocenters. The first-order chi connectivity index (χ1) is 12.3. The number of rotatable bonds is 7. The number of halogens is 1. The van der Waals surface area contributed by atoms with Gasteiger partial charge < -0.3 is 22.2 Å². The Morgan fingerprint density at radius 2 is 2.04 bits per heavy atom. The van der Waals surface area contributed by atoms with Crippen LogP contribution in [0.5, 0.6) is 0 Å². The number of nitrogens with one attached hydrogen (secondary N) is 2. The van der Waals surface area contributed by atoms with E-state index in [-0.39, 0.29) is 36.4 Å². The molecule has 0 aliphatic rings. The molecule has 0 unspecified atom stereocenters. The number of hydrogen-bond acceptors (Lipinski definition) is 7. The summed E-state index contributed by atoms with van der Waals surface area (Å²) in [6, 6.07) is 3.25. The molecule has 0 saturated carbocycles. The predicted octanol–water partition coefficient (Wildman–Crippen LogP) is -0.128. The van der Waals surface area contributed by atoms with Crippen molar-refractivity contribution in [1.29, 1.82) is 5.41 Å². The number of hydrogen-bond donors (Lipinski definition) is 5. The van der Waals surface area contributed by atoms with Crippen molar-refractivity contribution in [2.24, 2.45) is 11.5 Å². The minimum absolute atomic E-state index is 0.0920. The summed E-state index contributed by atoms with van der Waals surface area (Å²) in [5.74, 6) is -1.53. The summed E-state index contributed by atoms with van der Waals surface area (Å²) in [7, 11) is 0. The highest BCUT2D eigenvalue weighted by Crippen LogP contribution is 2.16. The molecule has 2 aromatic rings. The number of guanidine groups is 1. The number of nitrogens with zero attached hydrogens (tertiary/aromatic N) is 4. The summed E-state index contributed by atoms with van der Waals surface area (Å²) in [5, 5.41) is 7.57. The van der Waals surface area contributed by atoms with Crippen molar-refractivity contribution in [2.45, 2.75) is 6.42 Å². The van der Waals surface area contributed by atoms with Gasteiger partial charge in [0, 0.05) is 31.1 Å². The number of aromatic nitrogens is 3. The second-order valence-corrected chi connectivity index (χ2v) is 5.60. The number of amides is 2. The maximum Gasteiger partial charge on any atom is 0.276 e. The van der Waals surface area contributed by atoms with Crippen molar-refractivity contribution < 1.29 is 9.59 Å². The van der Waals surface area contributed by atoms with E-state index in [9.17, 15) is 9.59 Å². The molecule has 8 N–H and O–H groups in total. The van der Waals surface area contributed by atoms with E-state index in [1.54, 1.807) is 18.3 Å². The predicted molar refractivity (Wildman–Crippen MR) is 96.5 cm³/mol. The molecule has 0 spiro atoms. The maximum atomic E-state index is 12.3. The summed E-state index contributed by atoms with van der Waals surface area (Å²) >= 11 is 6.12. The van der Waals surface area contributed by atoms with Gasteiger partial charge in [0.1, 0.15) is 5.69 Å². The number of aromatic amines is 1. The monoisotopic (exact) mass is 379 g/mol. The Kier molecular flexibility index (Phi) is 5.96. The zero-order valence-electron chi connectivity index (χ0n) is 13.6. The van der Waals surface area contributed by atoms with E-state index in [0.717, 1.165) is 4.90 Å². The van der Waals surface area contributed by atoms with Crippen molar-refractivity contribution in [3.8, 4) is 0 Å². The Labute approximate surface area is 153 Å². The van der Waals surface area contributed by atoms with Crippen LogP contribution in [0.3, 0.4) is 0 Å². The average molecular weight is 380 g/mol. The normalized spacial score (nSPS) is 10.3. The highest BCUT2D eigenvalue weighted by atomic mass is 35.5. The topological polar surface area (TPSA) is 184 Å². The molecular formula is C14H18ClN9O2. The Morgan fingerprint density at radius 1 is 1.31 bits per heavy atom. The number of nitrogen functional groups attached to an aromatic ring is 1. The van der Waals surface area contributed by atoms with Gasteiger partial charge >= 0.3 is 0 Å². The van der Waals surface area contributed by atoms with Crippen LogP contribution in [0.4, 0.5) is 11.6 Å².